The third-order valence-electron chi connectivity index (χ3n) is 2.92. The summed E-state index contributed by atoms with van der Waals surface area (Å²) in [6.45, 7) is 1.70. The SMILES string of the molecule is COc1ccnc(N(C)CC2CCCCO2)n1. The van der Waals surface area contributed by atoms with Crippen molar-refractivity contribution in [1.29, 1.82) is 0 Å². The number of anilines is 1. The molecule has 0 aliphatic carbocycles. The first-order valence-corrected chi connectivity index (χ1v) is 5.99. The lowest BCUT2D eigenvalue weighted by atomic mass is 10.1. The van der Waals surface area contributed by atoms with E-state index in [0.29, 0.717) is 17.9 Å². The molecule has 0 radical (unpaired) electrons. The molecule has 5 heteroatoms. The average molecular weight is 237 g/mol. The molecule has 1 aromatic rings. The van der Waals surface area contributed by atoms with Gasteiger partial charge in [-0.3, -0.25) is 0 Å². The summed E-state index contributed by atoms with van der Waals surface area (Å²) >= 11 is 0. The Kier molecular flexibility index (Phi) is 4.14. The zero-order chi connectivity index (χ0) is 12.1. The molecular weight excluding hydrogens is 218 g/mol. The standard InChI is InChI=1S/C12H19N3O2/c1-15(9-10-5-3-4-8-17-10)12-13-7-6-11(14-12)16-2/h6-7,10H,3-5,8-9H2,1-2H3. The summed E-state index contributed by atoms with van der Waals surface area (Å²) < 4.78 is 10.8. The minimum atomic E-state index is 0.295. The van der Waals surface area contributed by atoms with E-state index in [2.05, 4.69) is 9.97 Å². The lowest BCUT2D eigenvalue weighted by Gasteiger charge is -2.27. The van der Waals surface area contributed by atoms with Crippen molar-refractivity contribution in [2.45, 2.75) is 25.4 Å². The predicted octanol–water partition coefficient (Wildman–Crippen LogP) is 1.49. The van der Waals surface area contributed by atoms with Crippen molar-refractivity contribution < 1.29 is 9.47 Å². The lowest BCUT2D eigenvalue weighted by Crippen LogP contribution is -2.34. The van der Waals surface area contributed by atoms with E-state index in [9.17, 15) is 0 Å². The van der Waals surface area contributed by atoms with Crippen LogP contribution in [0.1, 0.15) is 19.3 Å². The Balaban J connectivity index is 1.95. The van der Waals surface area contributed by atoms with Crippen molar-refractivity contribution in [1.82, 2.24) is 9.97 Å². The molecule has 1 unspecified atom stereocenters. The Labute approximate surface area is 102 Å². The first-order valence-electron chi connectivity index (χ1n) is 5.99. The second-order valence-corrected chi connectivity index (χ2v) is 4.27. The topological polar surface area (TPSA) is 47.5 Å². The molecule has 2 heterocycles. The summed E-state index contributed by atoms with van der Waals surface area (Å²) in [6.07, 6.45) is 5.55. The molecular formula is C12H19N3O2. The molecule has 1 atom stereocenters. The maximum Gasteiger partial charge on any atom is 0.228 e. The van der Waals surface area contributed by atoms with Gasteiger partial charge in [0.1, 0.15) is 0 Å². The molecule has 0 bridgehead atoms. The number of ether oxygens (including phenoxy) is 2. The average Bonchev–Trinajstić information content (AvgIpc) is 2.40. The highest BCUT2D eigenvalue weighted by Gasteiger charge is 2.17. The van der Waals surface area contributed by atoms with Gasteiger partial charge in [-0.05, 0) is 19.3 Å². The van der Waals surface area contributed by atoms with Crippen LogP contribution in [0.5, 0.6) is 5.88 Å². The van der Waals surface area contributed by atoms with Gasteiger partial charge in [-0.1, -0.05) is 0 Å². The molecule has 0 saturated carbocycles. The third-order valence-corrected chi connectivity index (χ3v) is 2.92. The van der Waals surface area contributed by atoms with Gasteiger partial charge in [-0.2, -0.15) is 4.98 Å². The smallest absolute Gasteiger partial charge is 0.228 e. The quantitative estimate of drug-likeness (QED) is 0.794. The highest BCUT2D eigenvalue weighted by Crippen LogP contribution is 2.16. The Morgan fingerprint density at radius 1 is 1.53 bits per heavy atom. The van der Waals surface area contributed by atoms with Crippen molar-refractivity contribution in [3.8, 4) is 5.88 Å². The van der Waals surface area contributed by atoms with E-state index in [1.807, 2.05) is 11.9 Å². The molecule has 5 nitrogen and oxygen atoms in total. The van der Waals surface area contributed by atoms with Gasteiger partial charge >= 0.3 is 0 Å². The van der Waals surface area contributed by atoms with E-state index in [-0.39, 0.29) is 0 Å². The van der Waals surface area contributed by atoms with Crippen molar-refractivity contribution >= 4 is 5.95 Å². The maximum atomic E-state index is 5.70. The van der Waals surface area contributed by atoms with Gasteiger partial charge in [-0.25, -0.2) is 4.98 Å². The van der Waals surface area contributed by atoms with Crippen LogP contribution in [0.2, 0.25) is 0 Å². The van der Waals surface area contributed by atoms with E-state index in [1.165, 1.54) is 12.8 Å². The largest absolute Gasteiger partial charge is 0.481 e. The van der Waals surface area contributed by atoms with Crippen LogP contribution in [0.3, 0.4) is 0 Å². The minimum Gasteiger partial charge on any atom is -0.481 e. The molecule has 1 aliphatic heterocycles. The number of hydrogen-bond acceptors (Lipinski definition) is 5. The van der Waals surface area contributed by atoms with Crippen LogP contribution < -0.4 is 9.64 Å². The predicted molar refractivity (Wildman–Crippen MR) is 65.4 cm³/mol. The summed E-state index contributed by atoms with van der Waals surface area (Å²) in [7, 11) is 3.59. The minimum absolute atomic E-state index is 0.295. The third kappa shape index (κ3) is 3.30. The molecule has 0 aromatic carbocycles. The monoisotopic (exact) mass is 237 g/mol. The molecule has 1 aromatic heterocycles. The Hall–Kier alpha value is -1.36. The normalized spacial score (nSPS) is 20.0. The molecule has 1 fully saturated rings. The van der Waals surface area contributed by atoms with Gasteiger partial charge < -0.3 is 14.4 Å². The van der Waals surface area contributed by atoms with Gasteiger partial charge in [0, 0.05) is 32.5 Å². The van der Waals surface area contributed by atoms with Crippen LogP contribution in [0.25, 0.3) is 0 Å². The maximum absolute atomic E-state index is 5.70. The fourth-order valence-electron chi connectivity index (χ4n) is 1.97. The van der Waals surface area contributed by atoms with E-state index in [0.717, 1.165) is 19.6 Å². The summed E-state index contributed by atoms with van der Waals surface area (Å²) in [5, 5.41) is 0. The zero-order valence-corrected chi connectivity index (χ0v) is 10.4. The van der Waals surface area contributed by atoms with Crippen LogP contribution in [0, 0.1) is 0 Å². The van der Waals surface area contributed by atoms with Gasteiger partial charge in [-0.15, -0.1) is 0 Å². The number of likely N-dealkylation sites (N-methyl/N-ethyl adjacent to an activating group) is 1. The van der Waals surface area contributed by atoms with Gasteiger partial charge in [0.25, 0.3) is 0 Å². The van der Waals surface area contributed by atoms with Crippen LogP contribution in [0.4, 0.5) is 5.95 Å². The highest BCUT2D eigenvalue weighted by molar-refractivity contribution is 5.30. The van der Waals surface area contributed by atoms with E-state index < -0.39 is 0 Å². The highest BCUT2D eigenvalue weighted by atomic mass is 16.5. The molecule has 1 aliphatic rings. The Morgan fingerprint density at radius 2 is 2.41 bits per heavy atom. The molecule has 0 N–H and O–H groups in total. The van der Waals surface area contributed by atoms with Gasteiger partial charge in [0.15, 0.2) is 0 Å². The van der Waals surface area contributed by atoms with Crippen molar-refractivity contribution in [2.24, 2.45) is 0 Å². The van der Waals surface area contributed by atoms with Crippen molar-refractivity contribution in [3.05, 3.63) is 12.3 Å². The number of aromatic nitrogens is 2. The second-order valence-electron chi connectivity index (χ2n) is 4.27. The summed E-state index contributed by atoms with van der Waals surface area (Å²) in [6, 6.07) is 1.74. The number of hydrogen-bond donors (Lipinski definition) is 0. The molecule has 0 spiro atoms. The molecule has 94 valence electrons. The number of methoxy groups -OCH3 is 1. The molecule has 2 rings (SSSR count). The van der Waals surface area contributed by atoms with Crippen LogP contribution in [-0.2, 0) is 4.74 Å². The Morgan fingerprint density at radius 3 is 3.12 bits per heavy atom. The lowest BCUT2D eigenvalue weighted by molar-refractivity contribution is 0.0214. The van der Waals surface area contributed by atoms with Crippen LogP contribution in [0.15, 0.2) is 12.3 Å². The summed E-state index contributed by atoms with van der Waals surface area (Å²) in [5.74, 6) is 1.27. The molecule has 17 heavy (non-hydrogen) atoms. The van der Waals surface area contributed by atoms with Gasteiger partial charge in [0.2, 0.25) is 11.8 Å². The van der Waals surface area contributed by atoms with Crippen LogP contribution >= 0.6 is 0 Å². The first kappa shape index (κ1) is 12.1. The number of rotatable bonds is 4. The zero-order valence-electron chi connectivity index (χ0n) is 10.4. The Bertz CT molecular complexity index is 353. The van der Waals surface area contributed by atoms with E-state index in [1.54, 1.807) is 19.4 Å². The first-order chi connectivity index (χ1) is 8.29. The van der Waals surface area contributed by atoms with E-state index in [4.69, 9.17) is 9.47 Å². The van der Waals surface area contributed by atoms with Gasteiger partial charge in [0.05, 0.1) is 13.2 Å². The summed E-state index contributed by atoms with van der Waals surface area (Å²) in [5.41, 5.74) is 0. The molecule has 0 amide bonds. The fourth-order valence-corrected chi connectivity index (χ4v) is 1.97. The van der Waals surface area contributed by atoms with Crippen LogP contribution in [-0.4, -0.2) is 43.4 Å². The van der Waals surface area contributed by atoms with Crippen molar-refractivity contribution in [2.75, 3.05) is 32.2 Å². The van der Waals surface area contributed by atoms with Crippen molar-refractivity contribution in [3.63, 3.8) is 0 Å². The number of nitrogens with zero attached hydrogens (tertiary/aromatic N) is 3. The second kappa shape index (κ2) is 5.82. The van der Waals surface area contributed by atoms with E-state index >= 15 is 0 Å². The molecule has 1 saturated heterocycles. The summed E-state index contributed by atoms with van der Waals surface area (Å²) in [4.78, 5) is 10.5. The fraction of sp³-hybridized carbons (Fsp3) is 0.667.